The Bertz CT molecular complexity index is 804. The Morgan fingerprint density at radius 2 is 1.86 bits per heavy atom. The molecule has 22 heavy (non-hydrogen) atoms. The number of hydrogen-bond donors (Lipinski definition) is 2. The molecule has 0 aliphatic heterocycles. The lowest BCUT2D eigenvalue weighted by molar-refractivity contribution is -0.0436. The molecule has 0 bridgehead atoms. The van der Waals surface area contributed by atoms with Crippen molar-refractivity contribution in [3.63, 3.8) is 0 Å². The predicted octanol–water partition coefficient (Wildman–Crippen LogP) is 2.79. The minimum Gasteiger partial charge on any atom is -0.505 e. The third-order valence-corrected chi connectivity index (χ3v) is 4.34. The maximum atomic E-state index is 12.5. The Hall–Kier alpha value is -2.24. The Balaban J connectivity index is 3.44. The van der Waals surface area contributed by atoms with Crippen molar-refractivity contribution in [2.75, 3.05) is 5.32 Å². The maximum absolute atomic E-state index is 12.5. The zero-order valence-electron chi connectivity index (χ0n) is 10.3. The van der Waals surface area contributed by atoms with Crippen LogP contribution in [0.2, 0.25) is 0 Å². The van der Waals surface area contributed by atoms with E-state index in [1.807, 2.05) is 0 Å². The number of alkyl halides is 3. The van der Waals surface area contributed by atoms with E-state index in [4.69, 9.17) is 10.5 Å². The molecular weight excluding hydrogens is 391 g/mol. The number of nitrogens with zero attached hydrogens (tertiary/aromatic N) is 2. The van der Waals surface area contributed by atoms with Crippen LogP contribution in [0.25, 0.3) is 0 Å². The summed E-state index contributed by atoms with van der Waals surface area (Å²) in [6.45, 7) is 0. The van der Waals surface area contributed by atoms with Crippen LogP contribution >= 0.6 is 15.9 Å². The molecular formula is C11H5BrF3N3O3S. The molecule has 0 aliphatic carbocycles. The van der Waals surface area contributed by atoms with Crippen molar-refractivity contribution in [1.82, 2.24) is 0 Å². The molecule has 0 saturated heterocycles. The standard InChI is InChI=1S/C11H5BrF3N3O3S/c12-8-1-7(22(20,21)11(13,14)15)2-9(10(8)19)18-5-6(3-16)4-17/h1-2,5,18-19H. The summed E-state index contributed by atoms with van der Waals surface area (Å²) in [5, 5.41) is 28.9. The molecule has 0 saturated carbocycles. The Labute approximate surface area is 131 Å². The van der Waals surface area contributed by atoms with Crippen LogP contribution in [-0.2, 0) is 9.84 Å². The largest absolute Gasteiger partial charge is 0.505 e. The topological polar surface area (TPSA) is 114 Å². The number of rotatable bonds is 3. The minimum atomic E-state index is -5.62. The average molecular weight is 396 g/mol. The van der Waals surface area contributed by atoms with Gasteiger partial charge in [-0.3, -0.25) is 0 Å². The molecule has 0 amide bonds. The van der Waals surface area contributed by atoms with Gasteiger partial charge in [-0.25, -0.2) is 8.42 Å². The van der Waals surface area contributed by atoms with Crippen LogP contribution in [0.3, 0.4) is 0 Å². The Morgan fingerprint density at radius 1 is 1.32 bits per heavy atom. The highest BCUT2D eigenvalue weighted by Gasteiger charge is 2.47. The number of benzene rings is 1. The van der Waals surface area contributed by atoms with E-state index in [1.165, 1.54) is 12.1 Å². The first-order valence-electron chi connectivity index (χ1n) is 5.15. The summed E-state index contributed by atoms with van der Waals surface area (Å²) in [4.78, 5) is -1.11. The molecule has 0 spiro atoms. The monoisotopic (exact) mass is 395 g/mol. The van der Waals surface area contributed by atoms with Crippen molar-refractivity contribution in [2.45, 2.75) is 10.4 Å². The van der Waals surface area contributed by atoms with Crippen molar-refractivity contribution in [2.24, 2.45) is 0 Å². The molecule has 1 aromatic rings. The van der Waals surface area contributed by atoms with Crippen molar-refractivity contribution >= 4 is 31.5 Å². The lowest BCUT2D eigenvalue weighted by atomic mass is 10.3. The first-order chi connectivity index (χ1) is 10.0. The van der Waals surface area contributed by atoms with Crippen molar-refractivity contribution in [3.05, 3.63) is 28.4 Å². The van der Waals surface area contributed by atoms with Crippen LogP contribution < -0.4 is 5.32 Å². The highest BCUT2D eigenvalue weighted by atomic mass is 79.9. The number of halogens is 4. The first-order valence-corrected chi connectivity index (χ1v) is 7.43. The summed E-state index contributed by atoms with van der Waals surface area (Å²) in [5.41, 5.74) is -6.37. The van der Waals surface area contributed by atoms with E-state index in [9.17, 15) is 26.7 Å². The van der Waals surface area contributed by atoms with Gasteiger partial charge in [-0.15, -0.1) is 0 Å². The lowest BCUT2D eigenvalue weighted by Gasteiger charge is -2.12. The summed E-state index contributed by atoms with van der Waals surface area (Å²) in [7, 11) is -5.62. The van der Waals surface area contributed by atoms with Crippen LogP contribution in [0.15, 0.2) is 33.3 Å². The van der Waals surface area contributed by atoms with Crippen molar-refractivity contribution in [3.8, 4) is 17.9 Å². The fraction of sp³-hybridized carbons (Fsp3) is 0.0909. The number of phenolic OH excluding ortho intramolecular Hbond substituents is 1. The van der Waals surface area contributed by atoms with Crippen LogP contribution in [0, 0.1) is 22.7 Å². The Kier molecular flexibility index (Phi) is 5.06. The zero-order chi connectivity index (χ0) is 17.1. The molecule has 0 fully saturated rings. The van der Waals surface area contributed by atoms with Gasteiger partial charge in [-0.1, -0.05) is 0 Å². The molecule has 0 aliphatic rings. The van der Waals surface area contributed by atoms with E-state index in [0.29, 0.717) is 12.1 Å². The lowest BCUT2D eigenvalue weighted by Crippen LogP contribution is -2.23. The number of nitriles is 2. The van der Waals surface area contributed by atoms with E-state index >= 15 is 0 Å². The van der Waals surface area contributed by atoms with Gasteiger partial charge in [-0.2, -0.15) is 23.7 Å². The van der Waals surface area contributed by atoms with Crippen molar-refractivity contribution in [1.29, 1.82) is 10.5 Å². The number of anilines is 1. The molecule has 11 heteroatoms. The van der Waals surface area contributed by atoms with Gasteiger partial charge in [0, 0.05) is 6.20 Å². The normalized spacial score (nSPS) is 11.2. The van der Waals surface area contributed by atoms with Gasteiger partial charge in [0.1, 0.15) is 17.7 Å². The van der Waals surface area contributed by atoms with Crippen LogP contribution in [0.5, 0.6) is 5.75 Å². The summed E-state index contributed by atoms with van der Waals surface area (Å²) >= 11 is 2.72. The summed E-state index contributed by atoms with van der Waals surface area (Å²) in [5.74, 6) is -0.590. The van der Waals surface area contributed by atoms with Gasteiger partial charge in [-0.05, 0) is 28.1 Å². The van der Waals surface area contributed by atoms with Gasteiger partial charge in [0.15, 0.2) is 5.75 Å². The summed E-state index contributed by atoms with van der Waals surface area (Å²) in [6.07, 6.45) is 0.811. The second-order valence-electron chi connectivity index (χ2n) is 3.68. The third-order valence-electron chi connectivity index (χ3n) is 2.26. The SMILES string of the molecule is N#CC(C#N)=CNc1cc(S(=O)(=O)C(F)(F)F)cc(Br)c1O. The number of allylic oxidation sites excluding steroid dienone is 1. The van der Waals surface area contributed by atoms with Crippen LogP contribution in [0.1, 0.15) is 0 Å². The van der Waals surface area contributed by atoms with E-state index < -0.39 is 37.3 Å². The summed E-state index contributed by atoms with van der Waals surface area (Å²) in [6, 6.07) is 4.06. The quantitative estimate of drug-likeness (QED) is 0.600. The number of hydrogen-bond acceptors (Lipinski definition) is 6. The second kappa shape index (κ2) is 6.25. The molecule has 1 rings (SSSR count). The van der Waals surface area contributed by atoms with Gasteiger partial charge in [0.25, 0.3) is 9.84 Å². The number of sulfone groups is 1. The molecule has 6 nitrogen and oxygen atoms in total. The van der Waals surface area contributed by atoms with Crippen molar-refractivity contribution < 1.29 is 26.7 Å². The maximum Gasteiger partial charge on any atom is 0.501 e. The van der Waals surface area contributed by atoms with E-state index in [2.05, 4.69) is 21.2 Å². The highest BCUT2D eigenvalue weighted by molar-refractivity contribution is 9.10. The van der Waals surface area contributed by atoms with E-state index in [0.717, 1.165) is 6.20 Å². The van der Waals surface area contributed by atoms with E-state index in [-0.39, 0.29) is 4.47 Å². The minimum absolute atomic E-state index is 0.316. The van der Waals surface area contributed by atoms with Gasteiger partial charge in [0.2, 0.25) is 0 Å². The molecule has 2 N–H and O–H groups in total. The molecule has 0 atom stereocenters. The third kappa shape index (κ3) is 3.50. The summed E-state index contributed by atoms with van der Waals surface area (Å²) < 4.78 is 59.9. The highest BCUT2D eigenvalue weighted by Crippen LogP contribution is 2.39. The fourth-order valence-electron chi connectivity index (χ4n) is 1.21. The second-order valence-corrected chi connectivity index (χ2v) is 6.47. The first kappa shape index (κ1) is 17.8. The molecule has 0 unspecified atom stereocenters. The fourth-order valence-corrected chi connectivity index (χ4v) is 2.64. The number of nitrogens with one attached hydrogen (secondary N) is 1. The van der Waals surface area contributed by atoms with Crippen LogP contribution in [0.4, 0.5) is 18.9 Å². The number of phenols is 1. The van der Waals surface area contributed by atoms with E-state index in [1.54, 1.807) is 0 Å². The number of aromatic hydroxyl groups is 1. The zero-order valence-corrected chi connectivity index (χ0v) is 12.7. The van der Waals surface area contributed by atoms with Gasteiger partial charge >= 0.3 is 5.51 Å². The average Bonchev–Trinajstić information content (AvgIpc) is 2.42. The molecule has 1 aromatic carbocycles. The molecule has 0 radical (unpaired) electrons. The molecule has 0 heterocycles. The van der Waals surface area contributed by atoms with Gasteiger partial charge in [0.05, 0.1) is 15.1 Å². The Morgan fingerprint density at radius 3 is 2.32 bits per heavy atom. The molecule has 0 aromatic heterocycles. The van der Waals surface area contributed by atoms with Gasteiger partial charge < -0.3 is 10.4 Å². The molecule has 116 valence electrons. The smallest absolute Gasteiger partial charge is 0.501 e. The van der Waals surface area contributed by atoms with Crippen LogP contribution in [-0.4, -0.2) is 19.0 Å². The predicted molar refractivity (Wildman–Crippen MR) is 72.0 cm³/mol.